The summed E-state index contributed by atoms with van der Waals surface area (Å²) in [6.45, 7) is 14.3. The topological polar surface area (TPSA) is 77.3 Å². The molecule has 0 aromatic carbocycles. The molecule has 2 aromatic heterocycles. The number of hydrogen-bond donors (Lipinski definition) is 1. The first-order valence-electron chi connectivity index (χ1n) is 10.3. The van der Waals surface area contributed by atoms with Gasteiger partial charge in [0.1, 0.15) is 5.82 Å². The average molecular weight is 389 g/mol. The number of hydrogen-bond acceptors (Lipinski definition) is 7. The van der Waals surface area contributed by atoms with Gasteiger partial charge in [-0.1, -0.05) is 13.0 Å². The summed E-state index contributed by atoms with van der Waals surface area (Å²) in [6, 6.07) is 0. The highest BCUT2D eigenvalue weighted by Gasteiger charge is 2.36. The second kappa shape index (κ2) is 9.34. The van der Waals surface area contributed by atoms with Gasteiger partial charge in [-0.05, 0) is 20.3 Å². The lowest BCUT2D eigenvalue weighted by molar-refractivity contribution is -0.242. The van der Waals surface area contributed by atoms with E-state index in [0.29, 0.717) is 19.8 Å². The van der Waals surface area contributed by atoms with Crippen molar-refractivity contribution >= 4 is 22.8 Å². The van der Waals surface area contributed by atoms with Crippen LogP contribution in [0.25, 0.3) is 11.0 Å². The lowest BCUT2D eigenvalue weighted by Crippen LogP contribution is -2.48. The molecule has 0 amide bonds. The number of fused-ring (bicyclic) bond motifs is 1. The van der Waals surface area contributed by atoms with E-state index in [2.05, 4.69) is 28.8 Å². The summed E-state index contributed by atoms with van der Waals surface area (Å²) in [4.78, 5) is 11.9. The van der Waals surface area contributed by atoms with Gasteiger partial charge in [0, 0.05) is 45.7 Å². The van der Waals surface area contributed by atoms with E-state index in [0.717, 1.165) is 61.7 Å². The SMILES string of the molecule is C=CCn1ncc2c(NCCC)nc(N3CCC(OCC)(OCC)CC3)nc21. The first kappa shape index (κ1) is 20.5. The molecule has 0 saturated carbocycles. The van der Waals surface area contributed by atoms with Gasteiger partial charge in [0.2, 0.25) is 5.95 Å². The van der Waals surface area contributed by atoms with Gasteiger partial charge in [0.05, 0.1) is 18.1 Å². The van der Waals surface area contributed by atoms with Crippen molar-refractivity contribution in [2.24, 2.45) is 0 Å². The molecule has 1 aliphatic rings. The molecule has 8 nitrogen and oxygen atoms in total. The summed E-state index contributed by atoms with van der Waals surface area (Å²) < 4.78 is 13.8. The first-order chi connectivity index (χ1) is 13.7. The third kappa shape index (κ3) is 4.28. The van der Waals surface area contributed by atoms with E-state index in [1.54, 1.807) is 0 Å². The maximum absolute atomic E-state index is 5.95. The number of ether oxygens (including phenoxy) is 2. The fourth-order valence-electron chi connectivity index (χ4n) is 3.62. The van der Waals surface area contributed by atoms with Crippen LogP contribution < -0.4 is 10.2 Å². The summed E-state index contributed by atoms with van der Waals surface area (Å²) in [5.41, 5.74) is 0.829. The molecule has 0 atom stereocenters. The fourth-order valence-corrected chi connectivity index (χ4v) is 3.62. The van der Waals surface area contributed by atoms with Gasteiger partial charge < -0.3 is 19.7 Å². The lowest BCUT2D eigenvalue weighted by atomic mass is 10.0. The van der Waals surface area contributed by atoms with E-state index in [9.17, 15) is 0 Å². The van der Waals surface area contributed by atoms with E-state index >= 15 is 0 Å². The van der Waals surface area contributed by atoms with Gasteiger partial charge >= 0.3 is 0 Å². The molecule has 1 saturated heterocycles. The highest BCUT2D eigenvalue weighted by Crippen LogP contribution is 2.31. The molecule has 2 aromatic rings. The highest BCUT2D eigenvalue weighted by atomic mass is 16.7. The van der Waals surface area contributed by atoms with Crippen LogP contribution in [-0.4, -0.2) is 58.4 Å². The Labute approximate surface area is 166 Å². The van der Waals surface area contributed by atoms with E-state index < -0.39 is 5.79 Å². The number of anilines is 2. The minimum Gasteiger partial charge on any atom is -0.369 e. The zero-order valence-electron chi connectivity index (χ0n) is 17.3. The van der Waals surface area contributed by atoms with Gasteiger partial charge in [-0.3, -0.25) is 0 Å². The van der Waals surface area contributed by atoms with E-state index in [-0.39, 0.29) is 0 Å². The van der Waals surface area contributed by atoms with Crippen LogP contribution >= 0.6 is 0 Å². The van der Waals surface area contributed by atoms with Gasteiger partial charge in [-0.25, -0.2) is 4.68 Å². The molecular weight excluding hydrogens is 356 g/mol. The zero-order chi connectivity index (χ0) is 20.0. The molecule has 8 heteroatoms. The van der Waals surface area contributed by atoms with Gasteiger partial charge in [-0.15, -0.1) is 6.58 Å². The molecule has 0 unspecified atom stereocenters. The molecule has 0 radical (unpaired) electrons. The number of nitrogens with zero attached hydrogens (tertiary/aromatic N) is 5. The molecule has 154 valence electrons. The molecule has 1 aliphatic heterocycles. The van der Waals surface area contributed by atoms with Crippen LogP contribution in [0.4, 0.5) is 11.8 Å². The normalized spacial score (nSPS) is 16.5. The number of piperidine rings is 1. The minimum atomic E-state index is -0.488. The van der Waals surface area contributed by atoms with Crippen LogP contribution in [0.5, 0.6) is 0 Å². The van der Waals surface area contributed by atoms with Crippen LogP contribution in [0.3, 0.4) is 0 Å². The Balaban J connectivity index is 1.88. The minimum absolute atomic E-state index is 0.488. The predicted octanol–water partition coefficient (Wildman–Crippen LogP) is 3.20. The van der Waals surface area contributed by atoms with Crippen molar-refractivity contribution in [2.45, 2.75) is 52.4 Å². The van der Waals surface area contributed by atoms with Crippen LogP contribution in [0.15, 0.2) is 18.9 Å². The maximum atomic E-state index is 5.95. The summed E-state index contributed by atoms with van der Waals surface area (Å²) in [7, 11) is 0. The molecular formula is C20H32N6O2. The summed E-state index contributed by atoms with van der Waals surface area (Å²) >= 11 is 0. The number of nitrogens with one attached hydrogen (secondary N) is 1. The smallest absolute Gasteiger partial charge is 0.229 e. The van der Waals surface area contributed by atoms with Crippen molar-refractivity contribution in [1.82, 2.24) is 19.7 Å². The quantitative estimate of drug-likeness (QED) is 0.495. The van der Waals surface area contributed by atoms with Gasteiger partial charge in [0.25, 0.3) is 0 Å². The maximum Gasteiger partial charge on any atom is 0.229 e. The van der Waals surface area contributed by atoms with Crippen molar-refractivity contribution in [1.29, 1.82) is 0 Å². The van der Waals surface area contributed by atoms with Crippen molar-refractivity contribution < 1.29 is 9.47 Å². The zero-order valence-corrected chi connectivity index (χ0v) is 17.3. The van der Waals surface area contributed by atoms with Crippen LogP contribution in [0.1, 0.15) is 40.0 Å². The van der Waals surface area contributed by atoms with Crippen molar-refractivity contribution in [3.63, 3.8) is 0 Å². The Morgan fingerprint density at radius 1 is 1.18 bits per heavy atom. The van der Waals surface area contributed by atoms with E-state index in [1.165, 1.54) is 0 Å². The number of rotatable bonds is 10. The second-order valence-corrected chi connectivity index (χ2v) is 6.92. The van der Waals surface area contributed by atoms with Crippen LogP contribution in [0, 0.1) is 0 Å². The van der Waals surface area contributed by atoms with Gasteiger partial charge in [-0.2, -0.15) is 15.1 Å². The van der Waals surface area contributed by atoms with Crippen molar-refractivity contribution in [3.05, 3.63) is 18.9 Å². The van der Waals surface area contributed by atoms with Crippen LogP contribution in [-0.2, 0) is 16.0 Å². The average Bonchev–Trinajstić information content (AvgIpc) is 3.10. The Morgan fingerprint density at radius 2 is 1.89 bits per heavy atom. The van der Waals surface area contributed by atoms with Crippen molar-refractivity contribution in [2.75, 3.05) is 43.1 Å². The molecule has 0 spiro atoms. The first-order valence-corrected chi connectivity index (χ1v) is 10.3. The Hall–Kier alpha value is -2.19. The Bertz CT molecular complexity index is 774. The molecule has 1 N–H and O–H groups in total. The third-order valence-electron chi connectivity index (χ3n) is 4.95. The summed E-state index contributed by atoms with van der Waals surface area (Å²) in [6.07, 6.45) is 6.26. The lowest BCUT2D eigenvalue weighted by Gasteiger charge is -2.41. The third-order valence-corrected chi connectivity index (χ3v) is 4.95. The van der Waals surface area contributed by atoms with Crippen LogP contribution in [0.2, 0.25) is 0 Å². The highest BCUT2D eigenvalue weighted by molar-refractivity contribution is 5.87. The Kier molecular flexibility index (Phi) is 6.85. The standard InChI is InChI=1S/C20H32N6O2/c1-5-11-21-17-16-15-22-26(12-6-2)18(16)24-19(23-17)25-13-9-20(10-14-25,27-7-3)28-8-4/h6,15H,2,5,7-14H2,1,3-4H3,(H,21,23,24). The summed E-state index contributed by atoms with van der Waals surface area (Å²) in [5, 5.41) is 8.82. The van der Waals surface area contributed by atoms with Gasteiger partial charge in [0.15, 0.2) is 11.4 Å². The number of aromatic nitrogens is 4. The monoisotopic (exact) mass is 388 g/mol. The molecule has 0 aliphatic carbocycles. The molecule has 1 fully saturated rings. The molecule has 3 rings (SSSR count). The Morgan fingerprint density at radius 3 is 2.50 bits per heavy atom. The van der Waals surface area contributed by atoms with E-state index in [4.69, 9.17) is 19.4 Å². The molecule has 28 heavy (non-hydrogen) atoms. The molecule has 3 heterocycles. The second-order valence-electron chi connectivity index (χ2n) is 6.92. The largest absolute Gasteiger partial charge is 0.369 e. The fraction of sp³-hybridized carbons (Fsp3) is 0.650. The predicted molar refractivity (Wildman–Crippen MR) is 112 cm³/mol. The van der Waals surface area contributed by atoms with Crippen molar-refractivity contribution in [3.8, 4) is 0 Å². The number of allylic oxidation sites excluding steroid dienone is 1. The summed E-state index contributed by atoms with van der Waals surface area (Å²) in [5.74, 6) is 1.07. The molecule has 0 bridgehead atoms. The van der Waals surface area contributed by atoms with E-state index in [1.807, 2.05) is 30.8 Å².